The Kier molecular flexibility index (Phi) is 5.14. The number of hydrogen-bond acceptors (Lipinski definition) is 3. The third-order valence-corrected chi connectivity index (χ3v) is 3.61. The van der Waals surface area contributed by atoms with Gasteiger partial charge in [-0.2, -0.15) is 0 Å². The molecular weight excluding hydrogens is 232 g/mol. The maximum Gasteiger partial charge on any atom is 0.320 e. The molecule has 0 aliphatic carbocycles. The zero-order valence-electron chi connectivity index (χ0n) is 11.5. The molecule has 0 aromatic heterocycles. The number of rotatable bonds is 5. The average molecular weight is 256 g/mol. The molecule has 0 spiro atoms. The zero-order chi connectivity index (χ0) is 13.8. The highest BCUT2D eigenvalue weighted by atomic mass is 16.4. The molecule has 1 saturated heterocycles. The zero-order valence-corrected chi connectivity index (χ0v) is 11.5. The lowest BCUT2D eigenvalue weighted by molar-refractivity contribution is -0.145. The highest BCUT2D eigenvalue weighted by Gasteiger charge is 2.30. The molecule has 104 valence electrons. The number of carboxylic acid groups (broad SMARTS) is 1. The Morgan fingerprint density at radius 3 is 2.61 bits per heavy atom. The summed E-state index contributed by atoms with van der Waals surface area (Å²) in [4.78, 5) is 24.8. The number of carbonyl (C=O) groups is 2. The molecule has 1 fully saturated rings. The van der Waals surface area contributed by atoms with Gasteiger partial charge < -0.3 is 10.4 Å². The summed E-state index contributed by atoms with van der Waals surface area (Å²) in [6, 6.07) is -0.505. The van der Waals surface area contributed by atoms with Crippen LogP contribution in [0.5, 0.6) is 0 Å². The van der Waals surface area contributed by atoms with Crippen molar-refractivity contribution in [3.63, 3.8) is 0 Å². The Morgan fingerprint density at radius 2 is 2.06 bits per heavy atom. The lowest BCUT2D eigenvalue weighted by Gasteiger charge is -2.33. The van der Waals surface area contributed by atoms with Crippen molar-refractivity contribution in [2.75, 3.05) is 13.1 Å². The van der Waals surface area contributed by atoms with Crippen LogP contribution < -0.4 is 5.32 Å². The predicted octanol–water partition coefficient (Wildman–Crippen LogP) is 1.23. The summed E-state index contributed by atoms with van der Waals surface area (Å²) in [6.45, 7) is 6.82. The number of carbonyl (C=O) groups excluding carboxylic acids is 1. The number of aliphatic carboxylic acids is 1. The van der Waals surface area contributed by atoms with Crippen molar-refractivity contribution in [2.24, 2.45) is 0 Å². The number of hydrogen-bond donors (Lipinski definition) is 2. The lowest BCUT2D eigenvalue weighted by atomic mass is 10.0. The van der Waals surface area contributed by atoms with Crippen LogP contribution >= 0.6 is 0 Å². The number of amides is 1. The molecule has 1 aliphatic rings. The quantitative estimate of drug-likeness (QED) is 0.776. The minimum absolute atomic E-state index is 0.0880. The van der Waals surface area contributed by atoms with Crippen LogP contribution in [0.3, 0.4) is 0 Å². The normalized spacial score (nSPS) is 21.6. The van der Waals surface area contributed by atoms with E-state index in [0.717, 1.165) is 19.3 Å². The summed E-state index contributed by atoms with van der Waals surface area (Å²) in [6.07, 6.45) is 3.38. The molecule has 1 atom stereocenters. The summed E-state index contributed by atoms with van der Waals surface area (Å²) in [5.41, 5.74) is -0.231. The molecule has 2 N–H and O–H groups in total. The van der Waals surface area contributed by atoms with Crippen LogP contribution in [0.25, 0.3) is 0 Å². The summed E-state index contributed by atoms with van der Waals surface area (Å²) >= 11 is 0. The second-order valence-corrected chi connectivity index (χ2v) is 5.61. The van der Waals surface area contributed by atoms with Crippen molar-refractivity contribution in [3.8, 4) is 0 Å². The van der Waals surface area contributed by atoms with Gasteiger partial charge in [-0.1, -0.05) is 13.3 Å². The third-order valence-electron chi connectivity index (χ3n) is 3.61. The maximum atomic E-state index is 11.9. The molecule has 5 heteroatoms. The molecular formula is C13H24N2O3. The van der Waals surface area contributed by atoms with Gasteiger partial charge in [-0.05, 0) is 39.7 Å². The fourth-order valence-corrected chi connectivity index (χ4v) is 2.15. The van der Waals surface area contributed by atoms with Crippen LogP contribution in [-0.2, 0) is 9.59 Å². The summed E-state index contributed by atoms with van der Waals surface area (Å²) in [5, 5.41) is 12.1. The van der Waals surface area contributed by atoms with E-state index in [1.54, 1.807) is 4.90 Å². The highest BCUT2D eigenvalue weighted by molar-refractivity contribution is 5.80. The largest absolute Gasteiger partial charge is 0.480 e. The Balaban J connectivity index is 2.54. The highest BCUT2D eigenvalue weighted by Crippen LogP contribution is 2.17. The van der Waals surface area contributed by atoms with Crippen molar-refractivity contribution in [3.05, 3.63) is 0 Å². The molecule has 0 aromatic rings. The van der Waals surface area contributed by atoms with Crippen LogP contribution in [0, 0.1) is 0 Å². The predicted molar refractivity (Wildman–Crippen MR) is 69.4 cm³/mol. The molecule has 1 unspecified atom stereocenters. The van der Waals surface area contributed by atoms with Gasteiger partial charge in [0.05, 0.1) is 6.54 Å². The van der Waals surface area contributed by atoms with Crippen LogP contribution in [0.4, 0.5) is 0 Å². The van der Waals surface area contributed by atoms with Gasteiger partial charge in [0.1, 0.15) is 6.04 Å². The van der Waals surface area contributed by atoms with Crippen LogP contribution in [-0.4, -0.2) is 46.6 Å². The van der Waals surface area contributed by atoms with Crippen molar-refractivity contribution in [2.45, 2.75) is 58.0 Å². The smallest absolute Gasteiger partial charge is 0.320 e. The van der Waals surface area contributed by atoms with E-state index in [2.05, 4.69) is 5.32 Å². The number of nitrogens with zero attached hydrogens (tertiary/aromatic N) is 1. The van der Waals surface area contributed by atoms with E-state index in [1.807, 2.05) is 20.8 Å². The maximum absolute atomic E-state index is 11.9. The molecule has 1 heterocycles. The second-order valence-electron chi connectivity index (χ2n) is 5.61. The van der Waals surface area contributed by atoms with Gasteiger partial charge in [0.15, 0.2) is 0 Å². The molecule has 0 saturated carbocycles. The Bertz CT molecular complexity index is 315. The summed E-state index contributed by atoms with van der Waals surface area (Å²) in [7, 11) is 0. The molecule has 0 radical (unpaired) electrons. The first-order valence-corrected chi connectivity index (χ1v) is 6.63. The molecule has 0 aromatic carbocycles. The first-order chi connectivity index (χ1) is 8.35. The summed E-state index contributed by atoms with van der Waals surface area (Å²) < 4.78 is 0. The molecule has 5 nitrogen and oxygen atoms in total. The van der Waals surface area contributed by atoms with Gasteiger partial charge in [-0.15, -0.1) is 0 Å². The third kappa shape index (κ3) is 4.29. The topological polar surface area (TPSA) is 69.6 Å². The van der Waals surface area contributed by atoms with E-state index < -0.39 is 12.0 Å². The SMILES string of the molecule is CCC(C)(C)NC(=O)CN1CCCCC1C(=O)O. The fraction of sp³-hybridized carbons (Fsp3) is 0.846. The minimum atomic E-state index is -0.822. The molecule has 18 heavy (non-hydrogen) atoms. The number of nitrogens with one attached hydrogen (secondary N) is 1. The van der Waals surface area contributed by atoms with Crippen molar-refractivity contribution >= 4 is 11.9 Å². The first-order valence-electron chi connectivity index (χ1n) is 6.63. The van der Waals surface area contributed by atoms with E-state index >= 15 is 0 Å². The van der Waals surface area contributed by atoms with Crippen LogP contribution in [0.15, 0.2) is 0 Å². The lowest BCUT2D eigenvalue weighted by Crippen LogP contribution is -2.52. The van der Waals surface area contributed by atoms with Crippen LogP contribution in [0.1, 0.15) is 46.5 Å². The average Bonchev–Trinajstić information content (AvgIpc) is 2.28. The van der Waals surface area contributed by atoms with E-state index in [-0.39, 0.29) is 18.0 Å². The molecule has 0 bridgehead atoms. The van der Waals surface area contributed by atoms with Gasteiger partial charge in [0.25, 0.3) is 0 Å². The van der Waals surface area contributed by atoms with Gasteiger partial charge in [0, 0.05) is 5.54 Å². The van der Waals surface area contributed by atoms with E-state index in [0.29, 0.717) is 13.0 Å². The number of carboxylic acids is 1. The standard InChI is InChI=1S/C13H24N2O3/c1-4-13(2,3)14-11(16)9-15-8-6-5-7-10(15)12(17)18/h10H,4-9H2,1-3H3,(H,14,16)(H,17,18). The Labute approximate surface area is 109 Å². The van der Waals surface area contributed by atoms with Gasteiger partial charge >= 0.3 is 5.97 Å². The molecule has 1 aliphatic heterocycles. The van der Waals surface area contributed by atoms with Gasteiger partial charge in [-0.3, -0.25) is 14.5 Å². The monoisotopic (exact) mass is 256 g/mol. The van der Waals surface area contributed by atoms with E-state index in [1.165, 1.54) is 0 Å². The van der Waals surface area contributed by atoms with Crippen LogP contribution in [0.2, 0.25) is 0 Å². The number of piperidine rings is 1. The van der Waals surface area contributed by atoms with Gasteiger partial charge in [0.2, 0.25) is 5.91 Å². The molecule has 1 rings (SSSR count). The summed E-state index contributed by atoms with van der Waals surface area (Å²) in [5.74, 6) is -0.910. The van der Waals surface area contributed by atoms with Crippen molar-refractivity contribution < 1.29 is 14.7 Å². The van der Waals surface area contributed by atoms with Crippen molar-refractivity contribution in [1.82, 2.24) is 10.2 Å². The fourth-order valence-electron chi connectivity index (χ4n) is 2.15. The van der Waals surface area contributed by atoms with E-state index in [4.69, 9.17) is 5.11 Å². The van der Waals surface area contributed by atoms with E-state index in [9.17, 15) is 9.59 Å². The van der Waals surface area contributed by atoms with Gasteiger partial charge in [-0.25, -0.2) is 0 Å². The number of likely N-dealkylation sites (tertiary alicyclic amines) is 1. The Morgan fingerprint density at radius 1 is 1.39 bits per heavy atom. The second kappa shape index (κ2) is 6.18. The molecule has 1 amide bonds. The minimum Gasteiger partial charge on any atom is -0.480 e. The first kappa shape index (κ1) is 15.0. The van der Waals surface area contributed by atoms with Crippen molar-refractivity contribution in [1.29, 1.82) is 0 Å². The Hall–Kier alpha value is -1.10.